The van der Waals surface area contributed by atoms with Crippen LogP contribution in [0.1, 0.15) is 39.5 Å². The molecule has 0 aromatic rings. The average Bonchev–Trinajstić information content (AvgIpc) is 3.24. The fourth-order valence-electron chi connectivity index (χ4n) is 3.83. The van der Waals surface area contributed by atoms with E-state index in [1.165, 1.54) is 4.90 Å². The average molecular weight is 399 g/mol. The van der Waals surface area contributed by atoms with Crippen molar-refractivity contribution in [3.8, 4) is 0 Å². The van der Waals surface area contributed by atoms with Crippen LogP contribution in [0.4, 0.5) is 0 Å². The maximum atomic E-state index is 13.0. The maximum Gasteiger partial charge on any atom is 0.245 e. The number of amides is 4. The molecule has 4 atom stereocenters. The maximum absolute atomic E-state index is 13.0. The summed E-state index contributed by atoms with van der Waals surface area (Å²) in [5.41, 5.74) is 5.42. The normalized spacial score (nSPS) is 26.1. The van der Waals surface area contributed by atoms with Gasteiger partial charge in [-0.2, -0.15) is 11.8 Å². The van der Waals surface area contributed by atoms with Crippen molar-refractivity contribution < 1.29 is 19.2 Å². The van der Waals surface area contributed by atoms with E-state index in [4.69, 9.17) is 5.73 Å². The number of thioether (sulfide) groups is 1. The summed E-state index contributed by atoms with van der Waals surface area (Å²) in [4.78, 5) is 50.7. The molecule has 2 aliphatic rings. The third-order valence-corrected chi connectivity index (χ3v) is 6.04. The summed E-state index contributed by atoms with van der Waals surface area (Å²) in [6.45, 7) is 4.42. The zero-order valence-electron chi connectivity index (χ0n) is 16.2. The lowest BCUT2D eigenvalue weighted by Gasteiger charge is -2.29. The Bertz CT molecular complexity index is 598. The van der Waals surface area contributed by atoms with Gasteiger partial charge in [0.2, 0.25) is 23.6 Å². The van der Waals surface area contributed by atoms with Gasteiger partial charge in [-0.3, -0.25) is 19.2 Å². The lowest BCUT2D eigenvalue weighted by Crippen LogP contribution is -2.56. The summed E-state index contributed by atoms with van der Waals surface area (Å²) in [5.74, 6) is -0.515. The molecule has 0 aliphatic carbocycles. The van der Waals surface area contributed by atoms with E-state index in [2.05, 4.69) is 10.6 Å². The number of hydrogen-bond acceptors (Lipinski definition) is 5. The van der Waals surface area contributed by atoms with Crippen LogP contribution < -0.4 is 16.4 Å². The van der Waals surface area contributed by atoms with Gasteiger partial charge in [0, 0.05) is 13.0 Å². The number of carbonyl (C=O) groups is 4. The van der Waals surface area contributed by atoms with Crippen molar-refractivity contribution in [3.63, 3.8) is 0 Å². The monoisotopic (exact) mass is 398 g/mol. The molecule has 152 valence electrons. The molecule has 1 unspecified atom stereocenters. The van der Waals surface area contributed by atoms with Crippen LogP contribution in [0.3, 0.4) is 0 Å². The minimum Gasteiger partial charge on any atom is -0.368 e. The Morgan fingerprint density at radius 2 is 2.07 bits per heavy atom. The van der Waals surface area contributed by atoms with Gasteiger partial charge in [-0.15, -0.1) is 0 Å². The number of nitrogens with two attached hydrogens (primary N) is 1. The second-order valence-corrected chi connectivity index (χ2v) is 8.58. The zero-order valence-corrected chi connectivity index (χ0v) is 17.0. The van der Waals surface area contributed by atoms with E-state index in [0.29, 0.717) is 31.6 Å². The second-order valence-electron chi connectivity index (χ2n) is 7.59. The highest BCUT2D eigenvalue weighted by Gasteiger charge is 2.41. The number of primary amides is 1. The molecule has 0 aromatic heterocycles. The van der Waals surface area contributed by atoms with E-state index in [1.807, 2.05) is 20.1 Å². The van der Waals surface area contributed by atoms with E-state index >= 15 is 0 Å². The number of rotatable bonds is 8. The highest BCUT2D eigenvalue weighted by molar-refractivity contribution is 7.98. The Kier molecular flexibility index (Phi) is 7.52. The SMILES string of the molecule is CSCC[C@H](NC(=O)[C@H]1NC(=O)CC1C(C)C)C(=O)N1CCC[C@H]1C(N)=O. The largest absolute Gasteiger partial charge is 0.368 e. The van der Waals surface area contributed by atoms with Crippen LogP contribution in [-0.2, 0) is 19.2 Å². The summed E-state index contributed by atoms with van der Waals surface area (Å²) >= 11 is 1.58. The van der Waals surface area contributed by atoms with Gasteiger partial charge < -0.3 is 21.3 Å². The van der Waals surface area contributed by atoms with Gasteiger partial charge in [0.05, 0.1) is 0 Å². The first-order valence-corrected chi connectivity index (χ1v) is 10.8. The number of carbonyl (C=O) groups excluding carboxylic acids is 4. The Morgan fingerprint density at radius 1 is 1.37 bits per heavy atom. The van der Waals surface area contributed by atoms with E-state index < -0.39 is 24.0 Å². The molecular weight excluding hydrogens is 368 g/mol. The van der Waals surface area contributed by atoms with Crippen molar-refractivity contribution in [2.75, 3.05) is 18.6 Å². The van der Waals surface area contributed by atoms with Crippen molar-refractivity contribution in [2.24, 2.45) is 17.6 Å². The van der Waals surface area contributed by atoms with E-state index in [0.717, 1.165) is 6.42 Å². The van der Waals surface area contributed by atoms with E-state index in [-0.39, 0.29) is 29.6 Å². The highest BCUT2D eigenvalue weighted by Crippen LogP contribution is 2.25. The molecule has 9 heteroatoms. The van der Waals surface area contributed by atoms with Gasteiger partial charge in [-0.05, 0) is 43.1 Å². The Labute approximate surface area is 164 Å². The summed E-state index contributed by atoms with van der Waals surface area (Å²) in [6.07, 6.45) is 3.97. The van der Waals surface area contributed by atoms with E-state index in [1.54, 1.807) is 11.8 Å². The minimum absolute atomic E-state index is 0.0982. The molecule has 27 heavy (non-hydrogen) atoms. The number of hydrogen-bond donors (Lipinski definition) is 3. The third-order valence-electron chi connectivity index (χ3n) is 5.39. The van der Waals surface area contributed by atoms with Crippen LogP contribution in [0.5, 0.6) is 0 Å². The zero-order chi connectivity index (χ0) is 20.1. The fraction of sp³-hybridized carbons (Fsp3) is 0.778. The molecule has 2 rings (SSSR count). The molecule has 2 saturated heterocycles. The van der Waals surface area contributed by atoms with Crippen LogP contribution in [-0.4, -0.2) is 65.2 Å². The summed E-state index contributed by atoms with van der Waals surface area (Å²) in [6, 6.07) is -1.97. The van der Waals surface area contributed by atoms with Crippen molar-refractivity contribution in [2.45, 2.75) is 57.7 Å². The smallest absolute Gasteiger partial charge is 0.245 e. The minimum atomic E-state index is -0.727. The topological polar surface area (TPSA) is 122 Å². The van der Waals surface area contributed by atoms with Gasteiger partial charge in [-0.1, -0.05) is 13.8 Å². The summed E-state index contributed by atoms with van der Waals surface area (Å²) in [7, 11) is 0. The first-order chi connectivity index (χ1) is 12.8. The Morgan fingerprint density at radius 3 is 2.67 bits per heavy atom. The van der Waals surface area contributed by atoms with Crippen molar-refractivity contribution in [1.82, 2.24) is 15.5 Å². The molecule has 2 aliphatic heterocycles. The number of likely N-dealkylation sites (tertiary alicyclic amines) is 1. The Hall–Kier alpha value is -1.77. The van der Waals surface area contributed by atoms with Gasteiger partial charge >= 0.3 is 0 Å². The lowest BCUT2D eigenvalue weighted by molar-refractivity contribution is -0.141. The molecule has 0 spiro atoms. The molecule has 0 saturated carbocycles. The van der Waals surface area contributed by atoms with Crippen LogP contribution in [0, 0.1) is 11.8 Å². The predicted molar refractivity (Wildman–Crippen MR) is 104 cm³/mol. The molecular formula is C18H30N4O4S. The summed E-state index contributed by atoms with van der Waals surface area (Å²) in [5, 5.41) is 5.55. The second kappa shape index (κ2) is 9.43. The van der Waals surface area contributed by atoms with Crippen LogP contribution in [0.25, 0.3) is 0 Å². The molecule has 2 heterocycles. The molecule has 4 N–H and O–H groups in total. The van der Waals surface area contributed by atoms with Crippen molar-refractivity contribution in [3.05, 3.63) is 0 Å². The molecule has 0 bridgehead atoms. The van der Waals surface area contributed by atoms with Crippen molar-refractivity contribution in [1.29, 1.82) is 0 Å². The molecule has 4 amide bonds. The van der Waals surface area contributed by atoms with Gasteiger partial charge in [-0.25, -0.2) is 0 Å². The molecule has 8 nitrogen and oxygen atoms in total. The summed E-state index contributed by atoms with van der Waals surface area (Å²) < 4.78 is 0. The van der Waals surface area contributed by atoms with Crippen LogP contribution in [0.15, 0.2) is 0 Å². The van der Waals surface area contributed by atoms with E-state index in [9.17, 15) is 19.2 Å². The van der Waals surface area contributed by atoms with Crippen LogP contribution >= 0.6 is 11.8 Å². The van der Waals surface area contributed by atoms with Crippen molar-refractivity contribution >= 4 is 35.4 Å². The van der Waals surface area contributed by atoms with Gasteiger partial charge in [0.25, 0.3) is 0 Å². The first-order valence-electron chi connectivity index (χ1n) is 9.44. The number of nitrogens with one attached hydrogen (secondary N) is 2. The molecule has 0 aromatic carbocycles. The van der Waals surface area contributed by atoms with Gasteiger partial charge in [0.15, 0.2) is 0 Å². The van der Waals surface area contributed by atoms with Gasteiger partial charge in [0.1, 0.15) is 18.1 Å². The number of nitrogens with zero attached hydrogens (tertiary/aromatic N) is 1. The standard InChI is InChI=1S/C18H30N4O4S/c1-10(2)11-9-14(23)21-15(11)17(25)20-12(6-8-27-3)18(26)22-7-4-5-13(22)16(19)24/h10-13,15H,4-9H2,1-3H3,(H2,19,24)(H,20,25)(H,21,23)/t11?,12-,13-,15-/m0/s1. The lowest BCUT2D eigenvalue weighted by atomic mass is 9.88. The Balaban J connectivity index is 2.11. The fourth-order valence-corrected chi connectivity index (χ4v) is 4.30. The predicted octanol–water partition coefficient (Wildman–Crippen LogP) is -0.139. The van der Waals surface area contributed by atoms with Crippen LogP contribution in [0.2, 0.25) is 0 Å². The highest BCUT2D eigenvalue weighted by atomic mass is 32.2. The molecule has 2 fully saturated rings. The first kappa shape index (κ1) is 21.5. The third kappa shape index (κ3) is 5.15. The quantitative estimate of drug-likeness (QED) is 0.525. The molecule has 0 radical (unpaired) electrons.